The smallest absolute Gasteiger partial charge is 0.338 e. The molecule has 1 aliphatic heterocycles. The molecule has 1 N–H and O–H groups in total. The molecule has 0 radical (unpaired) electrons. The third kappa shape index (κ3) is 4.58. The SMILES string of the molecule is C[C@H](OC(=O)c1cccc(S(=O)(=O)N2CCCC2)c1)C(=O)Nc1ccccc1. The highest BCUT2D eigenvalue weighted by Crippen LogP contribution is 2.22. The summed E-state index contributed by atoms with van der Waals surface area (Å²) in [5.74, 6) is -1.23. The van der Waals surface area contributed by atoms with Crippen molar-refractivity contribution >= 4 is 27.6 Å². The maximum absolute atomic E-state index is 12.7. The predicted molar refractivity (Wildman–Crippen MR) is 104 cm³/mol. The van der Waals surface area contributed by atoms with Crippen LogP contribution in [0.3, 0.4) is 0 Å². The average molecular weight is 402 g/mol. The zero-order valence-electron chi connectivity index (χ0n) is 15.5. The van der Waals surface area contributed by atoms with E-state index in [1.54, 1.807) is 24.3 Å². The third-order valence-electron chi connectivity index (χ3n) is 4.47. The number of esters is 1. The molecule has 1 saturated heterocycles. The minimum Gasteiger partial charge on any atom is -0.449 e. The van der Waals surface area contributed by atoms with Crippen LogP contribution in [-0.2, 0) is 19.6 Å². The van der Waals surface area contributed by atoms with Crippen molar-refractivity contribution < 1.29 is 22.7 Å². The number of ether oxygens (including phenoxy) is 1. The van der Waals surface area contributed by atoms with Crippen LogP contribution in [0.5, 0.6) is 0 Å². The molecule has 1 amide bonds. The van der Waals surface area contributed by atoms with Crippen molar-refractivity contribution in [3.63, 3.8) is 0 Å². The van der Waals surface area contributed by atoms with Crippen LogP contribution in [0.2, 0.25) is 0 Å². The number of nitrogens with one attached hydrogen (secondary N) is 1. The third-order valence-corrected chi connectivity index (χ3v) is 6.36. The predicted octanol–water partition coefficient (Wildman–Crippen LogP) is 2.66. The molecule has 0 aliphatic carbocycles. The second kappa shape index (κ2) is 8.53. The minimum atomic E-state index is -3.63. The fourth-order valence-electron chi connectivity index (χ4n) is 2.91. The van der Waals surface area contributed by atoms with E-state index in [0.717, 1.165) is 12.8 Å². The Hall–Kier alpha value is -2.71. The molecule has 1 atom stereocenters. The van der Waals surface area contributed by atoms with Crippen LogP contribution in [0.25, 0.3) is 0 Å². The summed E-state index contributed by atoms with van der Waals surface area (Å²) in [6.45, 7) is 2.42. The maximum atomic E-state index is 12.7. The highest BCUT2D eigenvalue weighted by Gasteiger charge is 2.28. The van der Waals surface area contributed by atoms with Crippen molar-refractivity contribution in [2.24, 2.45) is 0 Å². The van der Waals surface area contributed by atoms with Gasteiger partial charge in [0.2, 0.25) is 10.0 Å². The summed E-state index contributed by atoms with van der Waals surface area (Å²) >= 11 is 0. The van der Waals surface area contributed by atoms with Crippen molar-refractivity contribution in [3.05, 3.63) is 60.2 Å². The second-order valence-electron chi connectivity index (χ2n) is 6.54. The highest BCUT2D eigenvalue weighted by molar-refractivity contribution is 7.89. The number of carbonyl (C=O) groups is 2. The molecule has 1 heterocycles. The molecule has 3 rings (SSSR count). The van der Waals surface area contributed by atoms with Gasteiger partial charge in [-0.15, -0.1) is 0 Å². The van der Waals surface area contributed by atoms with Crippen molar-refractivity contribution in [3.8, 4) is 0 Å². The van der Waals surface area contributed by atoms with Crippen LogP contribution >= 0.6 is 0 Å². The number of hydrogen-bond acceptors (Lipinski definition) is 5. The van der Waals surface area contributed by atoms with E-state index >= 15 is 0 Å². The standard InChI is InChI=1S/C20H22N2O5S/c1-15(19(23)21-17-9-3-2-4-10-17)27-20(24)16-8-7-11-18(14-16)28(25,26)22-12-5-6-13-22/h2-4,7-11,14-15H,5-6,12-13H2,1H3,(H,21,23)/t15-/m0/s1. The van der Waals surface area contributed by atoms with E-state index < -0.39 is 28.0 Å². The largest absolute Gasteiger partial charge is 0.449 e. The molecule has 28 heavy (non-hydrogen) atoms. The van der Waals surface area contributed by atoms with Crippen LogP contribution in [0.15, 0.2) is 59.5 Å². The Labute approximate surface area is 164 Å². The number of benzene rings is 2. The van der Waals surface area contributed by atoms with Gasteiger partial charge in [0.1, 0.15) is 0 Å². The Balaban J connectivity index is 1.68. The van der Waals surface area contributed by atoms with Crippen molar-refractivity contribution in [2.75, 3.05) is 18.4 Å². The van der Waals surface area contributed by atoms with Gasteiger partial charge in [-0.1, -0.05) is 24.3 Å². The molecule has 1 aliphatic rings. The maximum Gasteiger partial charge on any atom is 0.338 e. The average Bonchev–Trinajstić information content (AvgIpc) is 3.24. The van der Waals surface area contributed by atoms with Crippen molar-refractivity contribution in [2.45, 2.75) is 30.8 Å². The van der Waals surface area contributed by atoms with E-state index in [1.807, 2.05) is 6.07 Å². The van der Waals surface area contributed by atoms with E-state index in [4.69, 9.17) is 4.74 Å². The van der Waals surface area contributed by atoms with E-state index in [-0.39, 0.29) is 10.5 Å². The van der Waals surface area contributed by atoms with Crippen LogP contribution in [0.1, 0.15) is 30.1 Å². The van der Waals surface area contributed by atoms with E-state index in [0.29, 0.717) is 18.8 Å². The van der Waals surface area contributed by atoms with E-state index in [9.17, 15) is 18.0 Å². The molecular weight excluding hydrogens is 380 g/mol. The molecule has 0 bridgehead atoms. The molecule has 0 unspecified atom stereocenters. The Morgan fingerprint density at radius 3 is 2.39 bits per heavy atom. The van der Waals surface area contributed by atoms with Gasteiger partial charge in [-0.3, -0.25) is 4.79 Å². The first kappa shape index (κ1) is 20.0. The first-order chi connectivity index (χ1) is 13.4. The van der Waals surface area contributed by atoms with Crippen LogP contribution < -0.4 is 5.32 Å². The van der Waals surface area contributed by atoms with E-state index in [2.05, 4.69) is 5.32 Å². The van der Waals surface area contributed by atoms with Crippen LogP contribution in [-0.4, -0.2) is 43.8 Å². The topological polar surface area (TPSA) is 92.8 Å². The molecule has 2 aromatic carbocycles. The zero-order chi connectivity index (χ0) is 20.1. The summed E-state index contributed by atoms with van der Waals surface area (Å²) in [6, 6.07) is 14.5. The molecule has 2 aromatic rings. The number of amides is 1. The lowest BCUT2D eigenvalue weighted by atomic mass is 10.2. The number of hydrogen-bond donors (Lipinski definition) is 1. The molecule has 1 fully saturated rings. The van der Waals surface area contributed by atoms with Crippen molar-refractivity contribution in [1.29, 1.82) is 0 Å². The lowest BCUT2D eigenvalue weighted by molar-refractivity contribution is -0.123. The summed E-state index contributed by atoms with van der Waals surface area (Å²) in [5.41, 5.74) is 0.675. The molecule has 0 aromatic heterocycles. The van der Waals surface area contributed by atoms with Gasteiger partial charge in [0, 0.05) is 18.8 Å². The van der Waals surface area contributed by atoms with Gasteiger partial charge < -0.3 is 10.1 Å². The first-order valence-corrected chi connectivity index (χ1v) is 10.5. The molecule has 0 spiro atoms. The second-order valence-corrected chi connectivity index (χ2v) is 8.48. The zero-order valence-corrected chi connectivity index (χ0v) is 16.3. The number of rotatable bonds is 6. The van der Waals surface area contributed by atoms with Gasteiger partial charge in [0.15, 0.2) is 6.10 Å². The summed E-state index contributed by atoms with van der Waals surface area (Å²) in [4.78, 5) is 24.6. The summed E-state index contributed by atoms with van der Waals surface area (Å²) < 4.78 is 31.9. The molecule has 7 nitrogen and oxygen atoms in total. The number of carbonyl (C=O) groups excluding carboxylic acids is 2. The van der Waals surface area contributed by atoms with Gasteiger partial charge in [0.05, 0.1) is 10.5 Å². The minimum absolute atomic E-state index is 0.0465. The lowest BCUT2D eigenvalue weighted by Crippen LogP contribution is -2.30. The van der Waals surface area contributed by atoms with Gasteiger partial charge in [-0.25, -0.2) is 13.2 Å². The monoisotopic (exact) mass is 402 g/mol. The summed E-state index contributed by atoms with van der Waals surface area (Å²) in [7, 11) is -3.63. The van der Waals surface area contributed by atoms with Crippen molar-refractivity contribution in [1.82, 2.24) is 4.31 Å². The Bertz CT molecular complexity index is 954. The first-order valence-electron chi connectivity index (χ1n) is 9.05. The summed E-state index contributed by atoms with van der Waals surface area (Å²) in [6.07, 6.45) is 0.621. The quantitative estimate of drug-likeness (QED) is 0.750. The molecule has 148 valence electrons. The molecule has 0 saturated carbocycles. The number of sulfonamides is 1. The highest BCUT2D eigenvalue weighted by atomic mass is 32.2. The van der Waals surface area contributed by atoms with Gasteiger partial charge in [0.25, 0.3) is 5.91 Å². The van der Waals surface area contributed by atoms with Gasteiger partial charge in [-0.05, 0) is 50.1 Å². The normalized spacial score (nSPS) is 15.8. The van der Waals surface area contributed by atoms with Crippen LogP contribution in [0.4, 0.5) is 5.69 Å². The van der Waals surface area contributed by atoms with Crippen LogP contribution in [0, 0.1) is 0 Å². The lowest BCUT2D eigenvalue weighted by Gasteiger charge is -2.16. The fourth-order valence-corrected chi connectivity index (χ4v) is 4.47. The number of anilines is 1. The molecule has 8 heteroatoms. The Morgan fingerprint density at radius 2 is 1.71 bits per heavy atom. The Kier molecular flexibility index (Phi) is 6.11. The Morgan fingerprint density at radius 1 is 1.04 bits per heavy atom. The van der Waals surface area contributed by atoms with Gasteiger partial charge >= 0.3 is 5.97 Å². The number of nitrogens with zero attached hydrogens (tertiary/aromatic N) is 1. The number of para-hydroxylation sites is 1. The summed E-state index contributed by atoms with van der Waals surface area (Å²) in [5, 5.41) is 2.65. The fraction of sp³-hybridized carbons (Fsp3) is 0.300. The molecular formula is C20H22N2O5S. The van der Waals surface area contributed by atoms with Gasteiger partial charge in [-0.2, -0.15) is 4.31 Å². The van der Waals surface area contributed by atoms with E-state index in [1.165, 1.54) is 35.5 Å².